The number of hydrogen-bond acceptors (Lipinski definition) is 6. The maximum atomic E-state index is 13.1. The van der Waals surface area contributed by atoms with Crippen LogP contribution in [0.3, 0.4) is 0 Å². The topological polar surface area (TPSA) is 134 Å². The van der Waals surface area contributed by atoms with Gasteiger partial charge in [0.2, 0.25) is 0 Å². The second kappa shape index (κ2) is 10.9. The van der Waals surface area contributed by atoms with Crippen molar-refractivity contribution in [2.24, 2.45) is 17.8 Å². The van der Waals surface area contributed by atoms with Gasteiger partial charge in [0.15, 0.2) is 11.6 Å². The fourth-order valence-corrected chi connectivity index (χ4v) is 3.53. The number of aliphatic imine (C=N–C) groups is 1. The molecule has 0 unspecified atom stereocenters. The number of halogens is 1. The van der Waals surface area contributed by atoms with Gasteiger partial charge in [-0.05, 0) is 36.4 Å². The summed E-state index contributed by atoms with van der Waals surface area (Å²) >= 11 is 0. The monoisotopic (exact) mass is 485 g/mol. The fraction of sp³-hybridized carbons (Fsp3) is 0.115. The second-order valence-corrected chi connectivity index (χ2v) is 7.43. The van der Waals surface area contributed by atoms with Crippen LogP contribution < -0.4 is 17.0 Å². The smallest absolute Gasteiger partial charge is 0.267 e. The highest BCUT2D eigenvalue weighted by atomic mass is 19.1. The van der Waals surface area contributed by atoms with E-state index >= 15 is 0 Å². The van der Waals surface area contributed by atoms with Crippen LogP contribution in [0.1, 0.15) is 28.7 Å². The highest BCUT2D eigenvalue weighted by Crippen LogP contribution is 2.22. The van der Waals surface area contributed by atoms with Crippen LogP contribution in [0.25, 0.3) is 16.6 Å². The Morgan fingerprint density at radius 3 is 2.56 bits per heavy atom. The predicted molar refractivity (Wildman–Crippen MR) is 139 cm³/mol. The maximum Gasteiger partial charge on any atom is 0.267 e. The highest BCUT2D eigenvalue weighted by molar-refractivity contribution is 6.02. The zero-order valence-corrected chi connectivity index (χ0v) is 19.8. The van der Waals surface area contributed by atoms with Crippen molar-refractivity contribution >= 4 is 34.7 Å². The fourth-order valence-electron chi connectivity index (χ4n) is 3.53. The van der Waals surface area contributed by atoms with Crippen molar-refractivity contribution in [1.82, 2.24) is 19.3 Å². The van der Waals surface area contributed by atoms with E-state index in [1.54, 1.807) is 37.4 Å². The minimum Gasteiger partial charge on any atom is -0.381 e. The van der Waals surface area contributed by atoms with Gasteiger partial charge in [-0.2, -0.15) is 5.10 Å². The molecule has 2 aromatic carbocycles. The van der Waals surface area contributed by atoms with Gasteiger partial charge < -0.3 is 11.5 Å². The Hall–Kier alpha value is -5.04. The molecule has 10 heteroatoms. The van der Waals surface area contributed by atoms with Crippen molar-refractivity contribution in [2.75, 3.05) is 5.73 Å². The molecule has 2 heterocycles. The average molecular weight is 486 g/mol. The number of primary amides is 1. The maximum absolute atomic E-state index is 13.1. The Balaban J connectivity index is 0.000000223. The molecule has 2 aromatic heterocycles. The van der Waals surface area contributed by atoms with Crippen molar-refractivity contribution in [3.8, 4) is 18.0 Å². The van der Waals surface area contributed by atoms with Gasteiger partial charge in [0, 0.05) is 25.2 Å². The molecule has 182 valence electrons. The lowest BCUT2D eigenvalue weighted by Gasteiger charge is -2.13. The van der Waals surface area contributed by atoms with Crippen LogP contribution in [0.5, 0.6) is 0 Å². The van der Waals surface area contributed by atoms with Crippen LogP contribution in [0, 0.1) is 18.2 Å². The van der Waals surface area contributed by atoms with Crippen molar-refractivity contribution in [2.45, 2.75) is 13.3 Å². The third-order valence-electron chi connectivity index (χ3n) is 5.12. The molecule has 36 heavy (non-hydrogen) atoms. The Bertz CT molecular complexity index is 1580. The Kier molecular flexibility index (Phi) is 7.76. The summed E-state index contributed by atoms with van der Waals surface area (Å²) in [5, 5.41) is 4.24. The number of rotatable bonds is 5. The molecule has 0 saturated carbocycles. The summed E-state index contributed by atoms with van der Waals surface area (Å²) in [6.07, 6.45) is 8.97. The molecule has 4 rings (SSSR count). The van der Waals surface area contributed by atoms with Crippen LogP contribution in [-0.4, -0.2) is 31.5 Å². The van der Waals surface area contributed by atoms with Crippen molar-refractivity contribution < 1.29 is 9.18 Å². The number of amides is 1. The Labute approximate surface area is 206 Å². The van der Waals surface area contributed by atoms with Crippen LogP contribution in [-0.2, 0) is 13.5 Å². The second-order valence-electron chi connectivity index (χ2n) is 7.43. The molecule has 9 nitrogen and oxygen atoms in total. The first kappa shape index (κ1) is 25.6. The van der Waals surface area contributed by atoms with Gasteiger partial charge in [0.1, 0.15) is 17.2 Å². The molecule has 0 aliphatic heterocycles. The van der Waals surface area contributed by atoms with Gasteiger partial charge in [-0.25, -0.2) is 19.0 Å². The van der Waals surface area contributed by atoms with E-state index in [-0.39, 0.29) is 22.8 Å². The molecule has 4 aromatic rings. The first-order chi connectivity index (χ1) is 17.2. The minimum atomic E-state index is -0.646. The average Bonchev–Trinajstić information content (AvgIpc) is 3.15. The van der Waals surface area contributed by atoms with E-state index in [2.05, 4.69) is 27.6 Å². The number of anilines is 1. The van der Waals surface area contributed by atoms with E-state index in [1.807, 2.05) is 6.92 Å². The Morgan fingerprint density at radius 2 is 1.97 bits per heavy atom. The molecule has 4 N–H and O–H groups in total. The van der Waals surface area contributed by atoms with E-state index in [4.69, 9.17) is 17.9 Å². The number of carbonyl (C=O) groups excluding carboxylic acids is 1. The van der Waals surface area contributed by atoms with Crippen LogP contribution in [0.4, 0.5) is 16.0 Å². The number of carbonyl (C=O) groups is 1. The number of nitrogens with two attached hydrogens (primary N) is 2. The SMILES string of the molecule is C#Cc1cccc2nc(CC)n(-c3ccc(F)cc3)c(=O)c12.C=C/C=N\c1c(C(N)=O)c(N)nn1C. The molecule has 0 radical (unpaired) electrons. The van der Waals surface area contributed by atoms with Gasteiger partial charge in [-0.3, -0.25) is 14.2 Å². The summed E-state index contributed by atoms with van der Waals surface area (Å²) in [7, 11) is 1.62. The van der Waals surface area contributed by atoms with Crippen LogP contribution in [0.15, 0.2) is 64.9 Å². The molecule has 0 fully saturated rings. The normalized spacial score (nSPS) is 10.6. The summed E-state index contributed by atoms with van der Waals surface area (Å²) in [6, 6.07) is 11.0. The number of aromatic nitrogens is 4. The summed E-state index contributed by atoms with van der Waals surface area (Å²) < 4.78 is 16.0. The van der Waals surface area contributed by atoms with Crippen LogP contribution in [0.2, 0.25) is 0 Å². The van der Waals surface area contributed by atoms with Crippen molar-refractivity contribution in [1.29, 1.82) is 0 Å². The number of nitrogen functional groups attached to an aromatic ring is 1. The van der Waals surface area contributed by atoms with E-state index in [0.29, 0.717) is 40.2 Å². The zero-order chi connectivity index (χ0) is 26.4. The third kappa shape index (κ3) is 5.05. The molecule has 0 aliphatic rings. The summed E-state index contributed by atoms with van der Waals surface area (Å²) in [5.74, 6) is 2.54. The molecule has 0 spiro atoms. The molecular weight excluding hydrogens is 461 g/mol. The first-order valence-corrected chi connectivity index (χ1v) is 10.8. The van der Waals surface area contributed by atoms with Gasteiger partial charge in [-0.1, -0.05) is 31.6 Å². The minimum absolute atomic E-state index is 0.0798. The first-order valence-electron chi connectivity index (χ1n) is 10.8. The molecule has 0 bridgehead atoms. The van der Waals surface area contributed by atoms with Gasteiger partial charge in [0.25, 0.3) is 11.5 Å². The zero-order valence-electron chi connectivity index (χ0n) is 19.8. The number of allylic oxidation sites excluding steroid dienone is 1. The van der Waals surface area contributed by atoms with Crippen molar-refractivity contribution in [3.63, 3.8) is 0 Å². The third-order valence-corrected chi connectivity index (χ3v) is 5.12. The molecule has 0 atom stereocenters. The van der Waals surface area contributed by atoms with E-state index in [1.165, 1.54) is 33.7 Å². The van der Waals surface area contributed by atoms with E-state index < -0.39 is 5.91 Å². The largest absolute Gasteiger partial charge is 0.381 e. The van der Waals surface area contributed by atoms with Crippen LogP contribution >= 0.6 is 0 Å². The quantitative estimate of drug-likeness (QED) is 0.331. The lowest BCUT2D eigenvalue weighted by atomic mass is 10.1. The standard InChI is InChI=1S/C18H13FN2O.C8H11N5O/c1-3-12-6-5-7-15-17(12)18(22)21(16(4-2)20-15)14-10-8-13(19)9-11-14;1-3-4-11-8-5(7(10)14)6(9)12-13(8)2/h1,5-11H,4H2,2H3;3-4H,1H2,2H3,(H2,9,12)(H2,10,14)/b;11-4-. The van der Waals surface area contributed by atoms with Crippen molar-refractivity contribution in [3.05, 3.63) is 88.2 Å². The molecule has 0 aliphatic carbocycles. The van der Waals surface area contributed by atoms with E-state index in [9.17, 15) is 14.0 Å². The number of benzene rings is 2. The predicted octanol–water partition coefficient (Wildman–Crippen LogP) is 3.06. The molecular formula is C26H24FN7O2. The molecule has 1 amide bonds. The summed E-state index contributed by atoms with van der Waals surface area (Å²) in [6.45, 7) is 5.38. The van der Waals surface area contributed by atoms with E-state index in [0.717, 1.165) is 0 Å². The number of nitrogens with zero attached hydrogens (tertiary/aromatic N) is 5. The lowest BCUT2D eigenvalue weighted by Crippen LogP contribution is -2.24. The van der Waals surface area contributed by atoms with Gasteiger partial charge in [0.05, 0.1) is 16.6 Å². The number of hydrogen-bond donors (Lipinski definition) is 2. The summed E-state index contributed by atoms with van der Waals surface area (Å²) in [5.41, 5.74) is 12.2. The number of aryl methyl sites for hydroxylation is 2. The Morgan fingerprint density at radius 1 is 1.28 bits per heavy atom. The molecule has 0 saturated heterocycles. The number of fused-ring (bicyclic) bond motifs is 1. The lowest BCUT2D eigenvalue weighted by molar-refractivity contribution is 0.100. The van der Waals surface area contributed by atoms with Gasteiger partial charge in [-0.15, -0.1) is 6.42 Å². The highest BCUT2D eigenvalue weighted by Gasteiger charge is 2.17. The number of terminal acetylenes is 1. The summed E-state index contributed by atoms with van der Waals surface area (Å²) in [4.78, 5) is 32.4. The van der Waals surface area contributed by atoms with Gasteiger partial charge >= 0.3 is 0 Å².